The van der Waals surface area contributed by atoms with Crippen molar-refractivity contribution < 1.29 is 85.7 Å². The Bertz CT molecular complexity index is 8030. The first kappa shape index (κ1) is 105. The fraction of sp³-hybridized carbons (Fsp3) is 0.316. The molecule has 4 aliphatic carbocycles. The van der Waals surface area contributed by atoms with Crippen molar-refractivity contribution in [2.75, 3.05) is 0 Å². The van der Waals surface area contributed by atoms with E-state index < -0.39 is 48.4 Å². The molecule has 4 saturated carbocycles. The topological polar surface area (TPSA) is 408 Å². The summed E-state index contributed by atoms with van der Waals surface area (Å²) in [5.41, 5.74) is 18.1. The summed E-state index contributed by atoms with van der Waals surface area (Å²) < 4.78 is 90.4. The molecule has 4 aliphatic rings. The van der Waals surface area contributed by atoms with Gasteiger partial charge in [0, 0.05) is 171 Å². The van der Waals surface area contributed by atoms with Crippen molar-refractivity contribution in [2.24, 2.45) is 17.8 Å². The molecule has 12 heterocycles. The van der Waals surface area contributed by atoms with E-state index in [1.165, 1.54) is 203 Å². The van der Waals surface area contributed by atoms with Gasteiger partial charge in [-0.25, -0.2) is 41.9 Å². The minimum absolute atomic E-state index is 0.102. The molecule has 12 aromatic heterocycles. The van der Waals surface area contributed by atoms with Crippen LogP contribution in [0.25, 0.3) is 65.4 Å². The smallest absolute Gasteiger partial charge is 0.390 e. The molecule has 0 amide bonds. The molecule has 4 fully saturated rings. The van der Waals surface area contributed by atoms with Gasteiger partial charge in [0.15, 0.2) is 0 Å². The van der Waals surface area contributed by atoms with Crippen molar-refractivity contribution in [1.29, 1.82) is 0 Å². The van der Waals surface area contributed by atoms with Crippen molar-refractivity contribution in [1.82, 2.24) is 88.6 Å². The summed E-state index contributed by atoms with van der Waals surface area (Å²) in [5.74, 6) is -4.89. The van der Waals surface area contributed by atoms with Crippen molar-refractivity contribution in [3.8, 4) is 0 Å². The van der Waals surface area contributed by atoms with Crippen LogP contribution in [0.2, 0.25) is 0 Å². The number of rotatable bonds is 30. The summed E-state index contributed by atoms with van der Waals surface area (Å²) in [5, 5.41) is 89.3. The van der Waals surface area contributed by atoms with Crippen molar-refractivity contribution >= 4 is 101 Å². The van der Waals surface area contributed by atoms with E-state index in [1.54, 1.807) is 55.1 Å². The van der Waals surface area contributed by atoms with Crippen molar-refractivity contribution in [2.45, 2.75) is 214 Å². The summed E-state index contributed by atoms with van der Waals surface area (Å²) in [6.07, 6.45) is 32.9. The number of hydrogen-bond acceptors (Lipinski definition) is 18. The average molecular weight is 2040 g/mol. The van der Waals surface area contributed by atoms with Gasteiger partial charge in [-0.15, -0.1) is 0 Å². The molecule has 0 bridgehead atoms. The Morgan fingerprint density at radius 3 is 0.873 bits per heavy atom. The third-order valence-corrected chi connectivity index (χ3v) is 27.9. The van der Waals surface area contributed by atoms with E-state index in [1.807, 2.05) is 44.7 Å². The molecular weight excluding hydrogens is 1930 g/mol. The number of halogens is 6. The Morgan fingerprint density at radius 1 is 0.307 bits per heavy atom. The summed E-state index contributed by atoms with van der Waals surface area (Å²) >= 11 is 0. The van der Waals surface area contributed by atoms with Gasteiger partial charge in [-0.1, -0.05) is 86.8 Å². The highest BCUT2D eigenvalue weighted by Gasteiger charge is 2.32. The number of benzene rings is 6. The first-order valence-corrected chi connectivity index (χ1v) is 50.2. The molecule has 22 rings (SSSR count). The molecule has 772 valence electrons. The summed E-state index contributed by atoms with van der Waals surface area (Å²) in [6, 6.07) is 41.5. The summed E-state index contributed by atoms with van der Waals surface area (Å²) in [4.78, 5) is 92.7. The zero-order chi connectivity index (χ0) is 106. The van der Waals surface area contributed by atoms with E-state index in [4.69, 9.17) is 15.3 Å². The molecule has 0 atom stereocenters. The minimum Gasteiger partial charge on any atom is -0.478 e. The fourth-order valence-corrected chi connectivity index (χ4v) is 19.9. The third-order valence-electron chi connectivity index (χ3n) is 27.9. The van der Waals surface area contributed by atoms with E-state index in [0.717, 1.165) is 129 Å². The standard InChI is InChI=1S/C20H20FN3O2.C20H21N3O2.2C19H18FN3O2.C18H16F3N3O2.C18H19N3O2/c21-15-5-6-19-17(10-15)18(23-24(19)12-13-3-1-2-4-13)9-14-11-22-8-7-16(14)20(25)26;1-13-6-7-19-17(10-13)18(22-23(19)15-4-2-3-5-15)11-14-12-21-9-8-16(14)20(24)25;20-14-3-4-18-16(10-14)17(22-23(18)8-6-12-1-2-12)9-13-11-21-7-5-15(13)19(24)25;20-14-4-5-18-16(9-14)17(22-23(18)11-12-2-1-3-12)8-13-10-21-7-6-15(13)19(24)25;1-11-2-3-16-14(8-11)15(23-24(16)7-5-18(19,20)21)9-12-10-22-6-4-13(12)17(25)26;1-3-8-21-17-5-4-12(2)9-15(17)16(20-21)10-13-11-19-7-6-14(13)18(22)23/h5-8,10-11,13H,1-4,9,12H2,(H,25,26);6-10,12,15H,2-5,11H2,1H3,(H,24,25);3-5,7,10-12H,1-2,6,8-9H2,(H,24,25);4-7,9-10,12H,1-3,8,11H2,(H,24,25);2-4,6,8,10H,5,7,9H2,1H3,(H,25,26);4-7,9,11H,3,8,10H2,1-2H3,(H,22,23). The van der Waals surface area contributed by atoms with Crippen LogP contribution in [0.3, 0.4) is 0 Å². The van der Waals surface area contributed by atoms with E-state index in [-0.39, 0.29) is 58.2 Å². The minimum atomic E-state index is -4.27. The van der Waals surface area contributed by atoms with Crippen LogP contribution in [-0.2, 0) is 71.2 Å². The van der Waals surface area contributed by atoms with Gasteiger partial charge in [0.25, 0.3) is 0 Å². The molecule has 6 aromatic carbocycles. The lowest BCUT2D eigenvalue weighted by atomic mass is 9.85. The molecule has 0 unspecified atom stereocenters. The second kappa shape index (κ2) is 47.1. The maximum atomic E-state index is 13.8. The van der Waals surface area contributed by atoms with Gasteiger partial charge >= 0.3 is 42.0 Å². The number of hydrogen-bond donors (Lipinski definition) is 6. The number of aromatic carboxylic acids is 6. The van der Waals surface area contributed by atoms with E-state index in [9.17, 15) is 85.7 Å². The highest BCUT2D eigenvalue weighted by molar-refractivity contribution is 5.95. The van der Waals surface area contributed by atoms with Crippen LogP contribution in [0.4, 0.5) is 26.3 Å². The zero-order valence-electron chi connectivity index (χ0n) is 83.1. The number of carboxylic acid groups (broad SMARTS) is 6. The highest BCUT2D eigenvalue weighted by atomic mass is 19.4. The average Bonchev–Trinajstić information content (AvgIpc) is 1.64. The first-order chi connectivity index (χ1) is 72.3. The number of fused-ring (bicyclic) bond motifs is 6. The van der Waals surface area contributed by atoms with Gasteiger partial charge in [-0.05, 0) is 251 Å². The Morgan fingerprint density at radius 2 is 0.573 bits per heavy atom. The Labute approximate surface area is 857 Å². The molecule has 0 radical (unpaired) electrons. The van der Waals surface area contributed by atoms with Gasteiger partial charge in [-0.2, -0.15) is 43.8 Å². The predicted molar refractivity (Wildman–Crippen MR) is 552 cm³/mol. The lowest BCUT2D eigenvalue weighted by Crippen LogP contribution is -2.18. The fourth-order valence-electron chi connectivity index (χ4n) is 19.9. The largest absolute Gasteiger partial charge is 0.478 e. The van der Waals surface area contributed by atoms with Crippen LogP contribution in [0.5, 0.6) is 0 Å². The van der Waals surface area contributed by atoms with E-state index >= 15 is 0 Å². The maximum absolute atomic E-state index is 13.8. The van der Waals surface area contributed by atoms with Crippen molar-refractivity contribution in [3.05, 3.63) is 355 Å². The molecular formula is C114H112F6N18O12. The second-order valence-electron chi connectivity index (χ2n) is 38.8. The lowest BCUT2D eigenvalue weighted by Gasteiger charge is -2.25. The molecule has 6 N–H and O–H groups in total. The van der Waals surface area contributed by atoms with Gasteiger partial charge in [0.2, 0.25) is 0 Å². The summed E-state index contributed by atoms with van der Waals surface area (Å²) in [7, 11) is 0. The van der Waals surface area contributed by atoms with E-state index in [2.05, 4.69) is 100 Å². The maximum Gasteiger partial charge on any atom is 0.390 e. The molecule has 30 nitrogen and oxygen atoms in total. The number of aromatic nitrogens is 18. The number of carbonyl (C=O) groups is 6. The molecule has 150 heavy (non-hydrogen) atoms. The first-order valence-electron chi connectivity index (χ1n) is 50.2. The van der Waals surface area contributed by atoms with Crippen LogP contribution in [-0.4, -0.2) is 161 Å². The van der Waals surface area contributed by atoms with Gasteiger partial charge < -0.3 is 30.6 Å². The van der Waals surface area contributed by atoms with Crippen LogP contribution in [0.1, 0.15) is 262 Å². The normalized spacial score (nSPS) is 13.6. The predicted octanol–water partition coefficient (Wildman–Crippen LogP) is 22.9. The van der Waals surface area contributed by atoms with Gasteiger partial charge in [0.05, 0.1) is 120 Å². The summed E-state index contributed by atoms with van der Waals surface area (Å²) in [6.45, 7) is 11.1. The van der Waals surface area contributed by atoms with Crippen LogP contribution < -0.4 is 0 Å². The number of nitrogens with zero attached hydrogens (tertiary/aromatic N) is 18. The molecule has 36 heteroatoms. The molecule has 18 aromatic rings. The number of pyridine rings is 6. The monoisotopic (exact) mass is 2040 g/mol. The second-order valence-corrected chi connectivity index (χ2v) is 38.8. The van der Waals surface area contributed by atoms with Crippen LogP contribution >= 0.6 is 0 Å². The Balaban J connectivity index is 0.000000123. The number of aryl methyl sites for hydroxylation is 6. The van der Waals surface area contributed by atoms with Gasteiger partial charge in [0.1, 0.15) is 17.5 Å². The third kappa shape index (κ3) is 25.4. The van der Waals surface area contributed by atoms with E-state index in [0.29, 0.717) is 123 Å². The Kier molecular flexibility index (Phi) is 32.9. The van der Waals surface area contributed by atoms with Crippen LogP contribution in [0.15, 0.2) is 220 Å². The zero-order valence-corrected chi connectivity index (χ0v) is 83.1. The molecule has 0 aliphatic heterocycles. The SMILES string of the molecule is CCCn1nc(Cc2cnccc2C(=O)O)c2cc(C)ccc21.Cc1ccc2c(c1)c(Cc1cnccc1C(=O)O)nn2C1CCCC1.Cc1ccc2c(c1)c(Cc1cnccc1C(=O)O)nn2CCC(F)(F)F.O=C(O)c1ccncc1Cc1nn(CC2CCC2)c2ccc(F)cc12.O=C(O)c1ccncc1Cc1nn(CC2CCCC2)c2ccc(F)cc12.O=C(O)c1ccncc1Cc1nn(CCC2CC2)c2ccc(F)cc12. The molecule has 0 spiro atoms. The van der Waals surface area contributed by atoms with Crippen molar-refractivity contribution in [3.63, 3.8) is 0 Å². The van der Waals surface area contributed by atoms with Gasteiger partial charge in [-0.3, -0.25) is 58.0 Å². The Hall–Kier alpha value is -16.6. The quantitative estimate of drug-likeness (QED) is 0.0228. The molecule has 0 saturated heterocycles. The highest BCUT2D eigenvalue weighted by Crippen LogP contribution is 2.39. The number of carboxylic acids is 6. The lowest BCUT2D eigenvalue weighted by molar-refractivity contribution is -0.137. The van der Waals surface area contributed by atoms with Crippen LogP contribution in [0, 0.1) is 56.0 Å². The number of alkyl halides is 3.